The van der Waals surface area contributed by atoms with E-state index in [1.54, 1.807) is 0 Å². The van der Waals surface area contributed by atoms with Crippen molar-refractivity contribution in [1.82, 2.24) is 0 Å². The van der Waals surface area contributed by atoms with Crippen LogP contribution in [0, 0.1) is 0 Å². The molecule has 0 saturated carbocycles. The van der Waals surface area contributed by atoms with Crippen LogP contribution in [0.3, 0.4) is 0 Å². The van der Waals surface area contributed by atoms with Crippen LogP contribution >= 0.6 is 15.9 Å². The SMILES string of the molecule is O=C(CBr)Cc1cc(C(O)C(=O)O)ccc1O. The second kappa shape index (κ2) is 5.79. The molecule has 0 amide bonds. The Labute approximate surface area is 106 Å². The summed E-state index contributed by atoms with van der Waals surface area (Å²) in [6, 6.07) is 3.88. The van der Waals surface area contributed by atoms with Crippen molar-refractivity contribution >= 4 is 27.7 Å². The number of halogens is 1. The molecule has 1 rings (SSSR count). The number of aliphatic hydroxyl groups excluding tert-OH is 1. The zero-order valence-corrected chi connectivity index (χ0v) is 10.3. The summed E-state index contributed by atoms with van der Waals surface area (Å²) >= 11 is 2.99. The fourth-order valence-corrected chi connectivity index (χ4v) is 1.52. The fourth-order valence-electron chi connectivity index (χ4n) is 1.32. The van der Waals surface area contributed by atoms with Crippen molar-refractivity contribution in [3.63, 3.8) is 0 Å². The number of carboxylic acids is 1. The van der Waals surface area contributed by atoms with Gasteiger partial charge in [0.25, 0.3) is 0 Å². The van der Waals surface area contributed by atoms with E-state index in [4.69, 9.17) is 5.11 Å². The molecule has 0 spiro atoms. The van der Waals surface area contributed by atoms with E-state index < -0.39 is 12.1 Å². The summed E-state index contributed by atoms with van der Waals surface area (Å²) in [5.74, 6) is -1.63. The van der Waals surface area contributed by atoms with Gasteiger partial charge in [-0.3, -0.25) is 4.79 Å². The van der Waals surface area contributed by atoms with E-state index in [1.165, 1.54) is 18.2 Å². The second-order valence-corrected chi connectivity index (χ2v) is 4.04. The predicted molar refractivity (Wildman–Crippen MR) is 63.2 cm³/mol. The van der Waals surface area contributed by atoms with Crippen LogP contribution in [0.5, 0.6) is 5.75 Å². The molecule has 0 fully saturated rings. The summed E-state index contributed by atoms with van der Waals surface area (Å²) in [4.78, 5) is 21.8. The number of benzene rings is 1. The van der Waals surface area contributed by atoms with Gasteiger partial charge >= 0.3 is 5.97 Å². The van der Waals surface area contributed by atoms with E-state index in [9.17, 15) is 19.8 Å². The number of phenolic OH excluding ortho intramolecular Hbond substituents is 1. The maximum atomic E-state index is 11.2. The highest BCUT2D eigenvalue weighted by molar-refractivity contribution is 9.09. The van der Waals surface area contributed by atoms with Crippen molar-refractivity contribution in [3.8, 4) is 5.75 Å². The van der Waals surface area contributed by atoms with Crippen LogP contribution in [0.1, 0.15) is 17.2 Å². The maximum absolute atomic E-state index is 11.2. The molecule has 5 nitrogen and oxygen atoms in total. The molecule has 0 bridgehead atoms. The molecular weight excluding hydrogens is 292 g/mol. The zero-order valence-electron chi connectivity index (χ0n) is 8.76. The van der Waals surface area contributed by atoms with E-state index in [0.717, 1.165) is 0 Å². The lowest BCUT2D eigenvalue weighted by molar-refractivity contribution is -0.146. The third-order valence-corrected chi connectivity index (χ3v) is 2.82. The summed E-state index contributed by atoms with van der Waals surface area (Å²) in [6.07, 6.45) is -1.68. The Morgan fingerprint density at radius 2 is 2.00 bits per heavy atom. The lowest BCUT2D eigenvalue weighted by Gasteiger charge is -2.09. The number of aliphatic carboxylic acids is 1. The molecule has 3 N–H and O–H groups in total. The number of Topliss-reactive ketones (excluding diaryl/α,β-unsaturated/α-hetero) is 1. The van der Waals surface area contributed by atoms with Gasteiger partial charge in [-0.2, -0.15) is 0 Å². The minimum Gasteiger partial charge on any atom is -0.508 e. The number of ketones is 1. The van der Waals surface area contributed by atoms with Crippen molar-refractivity contribution in [1.29, 1.82) is 0 Å². The molecular formula is C11H11BrO5. The first-order valence-corrected chi connectivity index (χ1v) is 5.88. The summed E-state index contributed by atoms with van der Waals surface area (Å²) in [7, 11) is 0. The number of hydrogen-bond acceptors (Lipinski definition) is 4. The molecule has 0 saturated heterocycles. The van der Waals surface area contributed by atoms with Crippen LogP contribution in [0.2, 0.25) is 0 Å². The Bertz CT molecular complexity index is 443. The predicted octanol–water partition coefficient (Wildman–Crippen LogP) is 1.02. The molecule has 92 valence electrons. The lowest BCUT2D eigenvalue weighted by Crippen LogP contribution is -2.11. The smallest absolute Gasteiger partial charge is 0.337 e. The highest BCUT2D eigenvalue weighted by Crippen LogP contribution is 2.23. The third kappa shape index (κ3) is 3.54. The molecule has 1 aromatic carbocycles. The van der Waals surface area contributed by atoms with E-state index in [1.807, 2.05) is 0 Å². The summed E-state index contributed by atoms with van der Waals surface area (Å²) in [5, 5.41) is 27.6. The number of alkyl halides is 1. The lowest BCUT2D eigenvalue weighted by atomic mass is 10.0. The zero-order chi connectivity index (χ0) is 13.0. The molecule has 0 radical (unpaired) electrons. The van der Waals surface area contributed by atoms with Gasteiger partial charge in [-0.1, -0.05) is 22.0 Å². The molecule has 0 aliphatic heterocycles. The van der Waals surface area contributed by atoms with E-state index in [2.05, 4.69) is 15.9 Å². The summed E-state index contributed by atoms with van der Waals surface area (Å²) in [5.41, 5.74) is 0.430. The highest BCUT2D eigenvalue weighted by Gasteiger charge is 2.17. The largest absolute Gasteiger partial charge is 0.508 e. The van der Waals surface area contributed by atoms with Gasteiger partial charge in [0.2, 0.25) is 0 Å². The Kier molecular flexibility index (Phi) is 4.65. The quantitative estimate of drug-likeness (QED) is 0.706. The number of phenols is 1. The van der Waals surface area contributed by atoms with Gasteiger partial charge in [-0.15, -0.1) is 0 Å². The number of hydrogen-bond donors (Lipinski definition) is 3. The molecule has 0 heterocycles. The highest BCUT2D eigenvalue weighted by atomic mass is 79.9. The van der Waals surface area contributed by atoms with E-state index >= 15 is 0 Å². The minimum atomic E-state index is -1.66. The van der Waals surface area contributed by atoms with Gasteiger partial charge in [0, 0.05) is 12.0 Å². The summed E-state index contributed by atoms with van der Waals surface area (Å²) in [6.45, 7) is 0. The van der Waals surface area contributed by atoms with Crippen LogP contribution in [-0.2, 0) is 16.0 Å². The maximum Gasteiger partial charge on any atom is 0.337 e. The van der Waals surface area contributed by atoms with Gasteiger partial charge < -0.3 is 15.3 Å². The second-order valence-electron chi connectivity index (χ2n) is 3.48. The summed E-state index contributed by atoms with van der Waals surface area (Å²) < 4.78 is 0. The Morgan fingerprint density at radius 1 is 1.35 bits per heavy atom. The number of aliphatic hydroxyl groups is 1. The Balaban J connectivity index is 3.02. The fraction of sp³-hybridized carbons (Fsp3) is 0.273. The molecule has 0 aliphatic rings. The van der Waals surface area contributed by atoms with E-state index in [0.29, 0.717) is 5.56 Å². The van der Waals surface area contributed by atoms with E-state index in [-0.39, 0.29) is 28.8 Å². The van der Waals surface area contributed by atoms with Gasteiger partial charge in [0.05, 0.1) is 5.33 Å². The number of rotatable bonds is 5. The topological polar surface area (TPSA) is 94.8 Å². The van der Waals surface area contributed by atoms with Crippen molar-refractivity contribution in [2.24, 2.45) is 0 Å². The van der Waals surface area contributed by atoms with Crippen molar-refractivity contribution in [2.75, 3.05) is 5.33 Å². The number of carbonyl (C=O) groups is 2. The van der Waals surface area contributed by atoms with Crippen molar-refractivity contribution in [3.05, 3.63) is 29.3 Å². The van der Waals surface area contributed by atoms with Crippen LogP contribution in [0.4, 0.5) is 0 Å². The normalized spacial score (nSPS) is 12.1. The molecule has 17 heavy (non-hydrogen) atoms. The Morgan fingerprint density at radius 3 is 2.53 bits per heavy atom. The number of carboxylic acid groups (broad SMARTS) is 1. The molecule has 0 aromatic heterocycles. The molecule has 6 heteroatoms. The monoisotopic (exact) mass is 302 g/mol. The first kappa shape index (κ1) is 13.7. The average Bonchev–Trinajstić information content (AvgIpc) is 2.30. The molecule has 1 unspecified atom stereocenters. The number of aromatic hydroxyl groups is 1. The first-order valence-electron chi connectivity index (χ1n) is 4.76. The van der Waals surface area contributed by atoms with Crippen LogP contribution in [0.25, 0.3) is 0 Å². The van der Waals surface area contributed by atoms with Crippen molar-refractivity contribution in [2.45, 2.75) is 12.5 Å². The first-order chi connectivity index (χ1) is 7.95. The average molecular weight is 303 g/mol. The van der Waals surface area contributed by atoms with Gasteiger partial charge in [0.1, 0.15) is 11.5 Å². The van der Waals surface area contributed by atoms with Crippen LogP contribution < -0.4 is 0 Å². The van der Waals surface area contributed by atoms with Gasteiger partial charge in [-0.25, -0.2) is 4.79 Å². The van der Waals surface area contributed by atoms with Gasteiger partial charge in [-0.05, 0) is 17.7 Å². The third-order valence-electron chi connectivity index (χ3n) is 2.19. The number of carbonyl (C=O) groups excluding carboxylic acids is 1. The van der Waals surface area contributed by atoms with Crippen molar-refractivity contribution < 1.29 is 24.9 Å². The van der Waals surface area contributed by atoms with Gasteiger partial charge in [0.15, 0.2) is 6.10 Å². The molecule has 1 atom stereocenters. The molecule has 1 aromatic rings. The standard InChI is InChI=1S/C11H11BrO5/c12-5-8(13)4-7-3-6(1-2-9(7)14)10(15)11(16)17/h1-3,10,14-15H,4-5H2,(H,16,17). The minimum absolute atomic E-state index is 0.0166. The Hall–Kier alpha value is -1.40. The van der Waals surface area contributed by atoms with Crippen LogP contribution in [0.15, 0.2) is 18.2 Å². The van der Waals surface area contributed by atoms with Crippen LogP contribution in [-0.4, -0.2) is 32.4 Å². The molecule has 0 aliphatic carbocycles.